The van der Waals surface area contributed by atoms with Crippen molar-refractivity contribution in [1.29, 1.82) is 0 Å². The molecular formula is C12H17N3O3. The fraction of sp³-hybridized carbons (Fsp3) is 0.417. The van der Waals surface area contributed by atoms with Crippen LogP contribution in [0.15, 0.2) is 18.3 Å². The maximum Gasteiger partial charge on any atom is 0.308 e. The van der Waals surface area contributed by atoms with E-state index >= 15 is 0 Å². The van der Waals surface area contributed by atoms with E-state index in [1.54, 1.807) is 30.2 Å². The molecule has 0 radical (unpaired) electrons. The molecule has 1 aromatic rings. The molecular weight excluding hydrogens is 234 g/mol. The van der Waals surface area contributed by atoms with Crippen molar-refractivity contribution in [2.45, 2.75) is 13.8 Å². The highest BCUT2D eigenvalue weighted by molar-refractivity contribution is 5.97. The molecule has 6 heteroatoms. The van der Waals surface area contributed by atoms with Gasteiger partial charge in [0.25, 0.3) is 5.91 Å². The zero-order chi connectivity index (χ0) is 13.7. The van der Waals surface area contributed by atoms with Crippen LogP contribution >= 0.6 is 0 Å². The topological polar surface area (TPSA) is 96.5 Å². The van der Waals surface area contributed by atoms with E-state index < -0.39 is 17.8 Å². The average Bonchev–Trinajstić information content (AvgIpc) is 2.35. The first-order valence-electron chi connectivity index (χ1n) is 5.70. The Bertz CT molecular complexity index is 448. The molecule has 1 unspecified atom stereocenters. The lowest BCUT2D eigenvalue weighted by Crippen LogP contribution is -2.34. The molecule has 0 saturated heterocycles. The molecule has 1 heterocycles. The van der Waals surface area contributed by atoms with Crippen LogP contribution < -0.4 is 10.6 Å². The molecule has 0 fully saturated rings. The van der Waals surface area contributed by atoms with Gasteiger partial charge in [-0.1, -0.05) is 6.92 Å². The summed E-state index contributed by atoms with van der Waals surface area (Å²) < 4.78 is 0. The molecule has 98 valence electrons. The highest BCUT2D eigenvalue weighted by Crippen LogP contribution is 2.17. The number of carboxylic acid groups (broad SMARTS) is 1. The van der Waals surface area contributed by atoms with E-state index in [1.165, 1.54) is 0 Å². The maximum atomic E-state index is 11.3. The van der Waals surface area contributed by atoms with Gasteiger partial charge in [-0.2, -0.15) is 0 Å². The summed E-state index contributed by atoms with van der Waals surface area (Å²) in [5.74, 6) is -1.57. The van der Waals surface area contributed by atoms with E-state index in [2.05, 4.69) is 4.98 Å². The molecule has 18 heavy (non-hydrogen) atoms. The Morgan fingerprint density at radius 3 is 2.72 bits per heavy atom. The highest BCUT2D eigenvalue weighted by atomic mass is 16.4. The molecule has 1 amide bonds. The van der Waals surface area contributed by atoms with Crippen molar-refractivity contribution in [2.24, 2.45) is 11.7 Å². The van der Waals surface area contributed by atoms with Crippen LogP contribution in [-0.2, 0) is 4.79 Å². The van der Waals surface area contributed by atoms with E-state index in [1.807, 2.05) is 6.92 Å². The smallest absolute Gasteiger partial charge is 0.308 e. The number of carbonyl (C=O) groups is 2. The number of aliphatic carboxylic acids is 1. The zero-order valence-corrected chi connectivity index (χ0v) is 10.5. The van der Waals surface area contributed by atoms with Crippen molar-refractivity contribution >= 4 is 17.7 Å². The maximum absolute atomic E-state index is 11.3. The molecule has 0 aliphatic rings. The normalized spacial score (nSPS) is 11.9. The van der Waals surface area contributed by atoms with Crippen LogP contribution in [0.2, 0.25) is 0 Å². The lowest BCUT2D eigenvalue weighted by atomic mass is 10.1. The third kappa shape index (κ3) is 3.19. The van der Waals surface area contributed by atoms with Crippen LogP contribution in [0.25, 0.3) is 0 Å². The van der Waals surface area contributed by atoms with Gasteiger partial charge in [-0.15, -0.1) is 0 Å². The number of pyridine rings is 1. The van der Waals surface area contributed by atoms with Crippen molar-refractivity contribution in [2.75, 3.05) is 18.0 Å². The lowest BCUT2D eigenvalue weighted by molar-refractivity contribution is -0.140. The van der Waals surface area contributed by atoms with Gasteiger partial charge >= 0.3 is 5.97 Å². The van der Waals surface area contributed by atoms with Crippen LogP contribution in [0.5, 0.6) is 0 Å². The van der Waals surface area contributed by atoms with Gasteiger partial charge in [0.2, 0.25) is 0 Å². The van der Waals surface area contributed by atoms with E-state index in [4.69, 9.17) is 10.8 Å². The Morgan fingerprint density at radius 1 is 1.56 bits per heavy atom. The number of amides is 1. The Balaban J connectivity index is 3.02. The van der Waals surface area contributed by atoms with Crippen molar-refractivity contribution in [3.63, 3.8) is 0 Å². The number of primary amides is 1. The molecule has 1 atom stereocenters. The second kappa shape index (κ2) is 6.00. The van der Waals surface area contributed by atoms with Crippen LogP contribution in [-0.4, -0.2) is 35.1 Å². The van der Waals surface area contributed by atoms with Gasteiger partial charge in [0.1, 0.15) is 5.82 Å². The molecule has 6 nitrogen and oxygen atoms in total. The summed E-state index contributed by atoms with van der Waals surface area (Å²) in [6.07, 6.45) is 1.55. The monoisotopic (exact) mass is 251 g/mol. The van der Waals surface area contributed by atoms with Gasteiger partial charge in [-0.3, -0.25) is 9.59 Å². The molecule has 0 aliphatic carbocycles. The first-order valence-corrected chi connectivity index (χ1v) is 5.70. The van der Waals surface area contributed by atoms with Crippen molar-refractivity contribution < 1.29 is 14.7 Å². The molecule has 0 aliphatic heterocycles. The second-order valence-electron chi connectivity index (χ2n) is 4.02. The predicted octanol–water partition coefficient (Wildman–Crippen LogP) is 0.727. The van der Waals surface area contributed by atoms with E-state index in [-0.39, 0.29) is 6.54 Å². The molecule has 0 spiro atoms. The fourth-order valence-electron chi connectivity index (χ4n) is 1.62. The van der Waals surface area contributed by atoms with Gasteiger partial charge in [0, 0.05) is 19.3 Å². The van der Waals surface area contributed by atoms with E-state index in [0.29, 0.717) is 17.9 Å². The Hall–Kier alpha value is -2.11. The number of hydrogen-bond acceptors (Lipinski definition) is 4. The molecule has 0 saturated carbocycles. The number of carbonyl (C=O) groups excluding carboxylic acids is 1. The number of aromatic nitrogens is 1. The van der Waals surface area contributed by atoms with Gasteiger partial charge in [0.05, 0.1) is 11.5 Å². The summed E-state index contributed by atoms with van der Waals surface area (Å²) >= 11 is 0. The highest BCUT2D eigenvalue weighted by Gasteiger charge is 2.19. The van der Waals surface area contributed by atoms with Crippen molar-refractivity contribution in [1.82, 2.24) is 4.98 Å². The Morgan fingerprint density at radius 2 is 2.22 bits per heavy atom. The predicted molar refractivity (Wildman–Crippen MR) is 67.4 cm³/mol. The van der Waals surface area contributed by atoms with Crippen LogP contribution in [0.4, 0.5) is 5.82 Å². The average molecular weight is 251 g/mol. The largest absolute Gasteiger partial charge is 0.481 e. The fourth-order valence-corrected chi connectivity index (χ4v) is 1.62. The number of carboxylic acids is 1. The van der Waals surface area contributed by atoms with Gasteiger partial charge < -0.3 is 15.7 Å². The standard InChI is InChI=1S/C12H17N3O3/c1-3-15(7-8(2)12(17)18)11-9(10(13)16)5-4-6-14-11/h4-6,8H,3,7H2,1-2H3,(H2,13,16)(H,17,18). The quantitative estimate of drug-likeness (QED) is 0.776. The van der Waals surface area contributed by atoms with Crippen molar-refractivity contribution in [3.05, 3.63) is 23.9 Å². The van der Waals surface area contributed by atoms with Gasteiger partial charge in [-0.05, 0) is 19.1 Å². The minimum absolute atomic E-state index is 0.281. The van der Waals surface area contributed by atoms with E-state index in [0.717, 1.165) is 0 Å². The number of rotatable bonds is 6. The second-order valence-corrected chi connectivity index (χ2v) is 4.02. The van der Waals surface area contributed by atoms with Gasteiger partial charge in [-0.25, -0.2) is 4.98 Å². The summed E-state index contributed by atoms with van der Waals surface area (Å²) in [4.78, 5) is 28.0. The van der Waals surface area contributed by atoms with E-state index in [9.17, 15) is 9.59 Å². The van der Waals surface area contributed by atoms with Crippen LogP contribution in [0, 0.1) is 5.92 Å². The Kier molecular flexibility index (Phi) is 4.65. The number of nitrogens with zero attached hydrogens (tertiary/aromatic N) is 2. The number of hydrogen-bond donors (Lipinski definition) is 2. The summed E-state index contributed by atoms with van der Waals surface area (Å²) in [7, 11) is 0. The first kappa shape index (κ1) is 14.0. The Labute approximate surface area is 105 Å². The zero-order valence-electron chi connectivity index (χ0n) is 10.5. The van der Waals surface area contributed by atoms with Gasteiger partial charge in [0.15, 0.2) is 0 Å². The number of anilines is 1. The summed E-state index contributed by atoms with van der Waals surface area (Å²) in [5.41, 5.74) is 5.58. The third-order valence-electron chi connectivity index (χ3n) is 2.65. The molecule has 0 bridgehead atoms. The lowest BCUT2D eigenvalue weighted by Gasteiger charge is -2.25. The SMILES string of the molecule is CCN(CC(C)C(=O)O)c1ncccc1C(N)=O. The minimum atomic E-state index is -0.884. The summed E-state index contributed by atoms with van der Waals surface area (Å²) in [6.45, 7) is 4.31. The minimum Gasteiger partial charge on any atom is -0.481 e. The van der Waals surface area contributed by atoms with Crippen molar-refractivity contribution in [3.8, 4) is 0 Å². The first-order chi connectivity index (χ1) is 8.47. The summed E-state index contributed by atoms with van der Waals surface area (Å²) in [5, 5.41) is 8.91. The molecule has 1 aromatic heterocycles. The molecule has 3 N–H and O–H groups in total. The van der Waals surface area contributed by atoms with Crippen LogP contribution in [0.1, 0.15) is 24.2 Å². The van der Waals surface area contributed by atoms with Crippen LogP contribution in [0.3, 0.4) is 0 Å². The third-order valence-corrected chi connectivity index (χ3v) is 2.65. The molecule has 0 aromatic carbocycles. The molecule has 1 rings (SSSR count). The summed E-state index contributed by atoms with van der Waals surface area (Å²) in [6, 6.07) is 3.21. The number of nitrogens with two attached hydrogens (primary N) is 1.